The monoisotopic (exact) mass is 378 g/mol. The highest BCUT2D eigenvalue weighted by Crippen LogP contribution is 2.35. The van der Waals surface area contributed by atoms with E-state index in [-0.39, 0.29) is 18.3 Å². The number of carbonyl (C=O) groups excluding carboxylic acids is 1. The highest BCUT2D eigenvalue weighted by Gasteiger charge is 2.19. The summed E-state index contributed by atoms with van der Waals surface area (Å²) in [4.78, 5) is 28.8. The zero-order valence-electron chi connectivity index (χ0n) is 15.2. The maximum absolute atomic E-state index is 12.5. The largest absolute Gasteiger partial charge is 0.454 e. The lowest BCUT2D eigenvalue weighted by molar-refractivity contribution is -0.124. The van der Waals surface area contributed by atoms with Crippen LogP contribution < -0.4 is 20.3 Å². The number of nitrogens with zero attached hydrogens (tertiary/aromatic N) is 3. The highest BCUT2D eigenvalue weighted by atomic mass is 16.7. The molecule has 1 aliphatic heterocycles. The molecule has 142 valence electrons. The maximum atomic E-state index is 12.5. The minimum atomic E-state index is -0.766. The van der Waals surface area contributed by atoms with E-state index in [1.165, 1.54) is 10.7 Å². The number of nitrogens with one attached hydrogen (secondary N) is 1. The molecule has 4 rings (SSSR count). The quantitative estimate of drug-likeness (QED) is 0.729. The number of amides is 1. The Bertz CT molecular complexity index is 1070. The van der Waals surface area contributed by atoms with Crippen molar-refractivity contribution in [2.24, 2.45) is 0 Å². The van der Waals surface area contributed by atoms with Gasteiger partial charge in [0.1, 0.15) is 6.04 Å². The van der Waals surface area contributed by atoms with Crippen molar-refractivity contribution in [3.05, 3.63) is 70.8 Å². The molecule has 1 unspecified atom stereocenters. The molecule has 1 amide bonds. The van der Waals surface area contributed by atoms with Gasteiger partial charge in [-0.3, -0.25) is 14.6 Å². The molecule has 1 atom stereocenters. The first kappa shape index (κ1) is 17.7. The first-order valence-corrected chi connectivity index (χ1v) is 8.78. The Morgan fingerprint density at radius 1 is 1.21 bits per heavy atom. The van der Waals surface area contributed by atoms with E-state index in [1.807, 2.05) is 12.1 Å². The van der Waals surface area contributed by atoms with Crippen LogP contribution in [0.25, 0.3) is 11.3 Å². The van der Waals surface area contributed by atoms with Gasteiger partial charge in [-0.05, 0) is 42.8 Å². The summed E-state index contributed by atoms with van der Waals surface area (Å²) in [5.74, 6) is 0.987. The molecule has 8 nitrogen and oxygen atoms in total. The van der Waals surface area contributed by atoms with Crippen LogP contribution in [0.2, 0.25) is 0 Å². The Kier molecular flexibility index (Phi) is 4.76. The molecule has 0 spiro atoms. The van der Waals surface area contributed by atoms with E-state index < -0.39 is 6.04 Å². The number of pyridine rings is 1. The molecule has 0 aliphatic carbocycles. The van der Waals surface area contributed by atoms with Gasteiger partial charge in [-0.1, -0.05) is 6.07 Å². The third kappa shape index (κ3) is 3.57. The van der Waals surface area contributed by atoms with Crippen molar-refractivity contribution in [3.63, 3.8) is 0 Å². The molecule has 0 bridgehead atoms. The Morgan fingerprint density at radius 3 is 2.89 bits per heavy atom. The number of fused-ring (bicyclic) bond motifs is 1. The van der Waals surface area contributed by atoms with Crippen molar-refractivity contribution in [3.8, 4) is 22.8 Å². The second-order valence-electron chi connectivity index (χ2n) is 6.32. The molecule has 0 saturated carbocycles. The van der Waals surface area contributed by atoms with E-state index in [2.05, 4.69) is 15.4 Å². The van der Waals surface area contributed by atoms with Crippen LogP contribution in [0.5, 0.6) is 11.5 Å². The molecule has 3 aromatic rings. The fourth-order valence-corrected chi connectivity index (χ4v) is 2.86. The number of ether oxygens (including phenoxy) is 2. The smallest absolute Gasteiger partial charge is 0.267 e. The standard InChI is InChI=1S/C20H18N4O4/c1-13(20(26)22-11-14-3-2-8-21-10-14)24-19(25)7-5-16(23-24)15-4-6-17-18(9-15)28-12-27-17/h2-10,13H,11-12H2,1H3,(H,22,26). The normalized spacial score (nSPS) is 13.2. The first-order valence-electron chi connectivity index (χ1n) is 8.78. The van der Waals surface area contributed by atoms with E-state index >= 15 is 0 Å². The lowest BCUT2D eigenvalue weighted by Gasteiger charge is -2.15. The number of rotatable bonds is 5. The SMILES string of the molecule is CC(C(=O)NCc1cccnc1)n1nc(-c2ccc3c(c2)OCO3)ccc1=O. The van der Waals surface area contributed by atoms with Gasteiger partial charge < -0.3 is 14.8 Å². The number of aromatic nitrogens is 3. The summed E-state index contributed by atoms with van der Waals surface area (Å²) >= 11 is 0. The zero-order chi connectivity index (χ0) is 19.5. The molecule has 0 fully saturated rings. The molecule has 1 aromatic carbocycles. The van der Waals surface area contributed by atoms with Crippen molar-refractivity contribution in [2.75, 3.05) is 6.79 Å². The summed E-state index contributed by atoms with van der Waals surface area (Å²) in [5, 5.41) is 7.18. The lowest BCUT2D eigenvalue weighted by Crippen LogP contribution is -2.36. The predicted molar refractivity (Wildman–Crippen MR) is 101 cm³/mol. The third-order valence-electron chi connectivity index (χ3n) is 4.43. The van der Waals surface area contributed by atoms with Crippen molar-refractivity contribution in [2.45, 2.75) is 19.5 Å². The molecule has 2 aromatic heterocycles. The van der Waals surface area contributed by atoms with Gasteiger partial charge in [0.05, 0.1) is 5.69 Å². The van der Waals surface area contributed by atoms with Crippen molar-refractivity contribution in [1.82, 2.24) is 20.1 Å². The number of carbonyl (C=O) groups is 1. The second-order valence-corrected chi connectivity index (χ2v) is 6.32. The first-order chi connectivity index (χ1) is 13.6. The topological polar surface area (TPSA) is 95.3 Å². The molecule has 0 saturated heterocycles. The van der Waals surface area contributed by atoms with Crippen LogP contribution in [-0.4, -0.2) is 27.5 Å². The van der Waals surface area contributed by atoms with Gasteiger partial charge in [0, 0.05) is 30.6 Å². The predicted octanol–water partition coefficient (Wildman–Crippen LogP) is 1.91. The van der Waals surface area contributed by atoms with Gasteiger partial charge in [0.15, 0.2) is 11.5 Å². The van der Waals surface area contributed by atoms with Gasteiger partial charge in [-0.15, -0.1) is 0 Å². The van der Waals surface area contributed by atoms with E-state index in [0.29, 0.717) is 23.7 Å². The van der Waals surface area contributed by atoms with Crippen LogP contribution in [0.3, 0.4) is 0 Å². The zero-order valence-corrected chi connectivity index (χ0v) is 15.2. The van der Waals surface area contributed by atoms with E-state index in [1.54, 1.807) is 43.6 Å². The molecule has 1 N–H and O–H groups in total. The van der Waals surface area contributed by atoms with E-state index in [0.717, 1.165) is 11.1 Å². The summed E-state index contributed by atoms with van der Waals surface area (Å²) in [6.07, 6.45) is 3.34. The fraction of sp³-hybridized carbons (Fsp3) is 0.200. The Balaban J connectivity index is 1.54. The summed E-state index contributed by atoms with van der Waals surface area (Å²) < 4.78 is 11.9. The van der Waals surface area contributed by atoms with Crippen LogP contribution in [0, 0.1) is 0 Å². The van der Waals surface area contributed by atoms with Crippen molar-refractivity contribution >= 4 is 5.91 Å². The minimum Gasteiger partial charge on any atom is -0.454 e. The average Bonchev–Trinajstić information content (AvgIpc) is 3.20. The van der Waals surface area contributed by atoms with Gasteiger partial charge in [-0.2, -0.15) is 5.10 Å². The third-order valence-corrected chi connectivity index (χ3v) is 4.43. The number of hydrogen-bond donors (Lipinski definition) is 1. The summed E-state index contributed by atoms with van der Waals surface area (Å²) in [5.41, 5.74) is 1.84. The average molecular weight is 378 g/mol. The van der Waals surface area contributed by atoms with Gasteiger partial charge >= 0.3 is 0 Å². The Morgan fingerprint density at radius 2 is 2.07 bits per heavy atom. The summed E-state index contributed by atoms with van der Waals surface area (Å²) in [7, 11) is 0. The molecule has 0 radical (unpaired) electrons. The summed E-state index contributed by atoms with van der Waals surface area (Å²) in [6.45, 7) is 2.14. The molecular formula is C20H18N4O4. The minimum absolute atomic E-state index is 0.180. The van der Waals surface area contributed by atoms with Crippen LogP contribution in [0.4, 0.5) is 0 Å². The molecular weight excluding hydrogens is 360 g/mol. The summed E-state index contributed by atoms with van der Waals surface area (Å²) in [6, 6.07) is 11.3. The van der Waals surface area contributed by atoms with Crippen LogP contribution >= 0.6 is 0 Å². The molecule has 1 aliphatic rings. The number of benzene rings is 1. The maximum Gasteiger partial charge on any atom is 0.267 e. The van der Waals surface area contributed by atoms with Crippen molar-refractivity contribution < 1.29 is 14.3 Å². The number of hydrogen-bond acceptors (Lipinski definition) is 6. The van der Waals surface area contributed by atoms with Crippen LogP contribution in [0.1, 0.15) is 18.5 Å². The van der Waals surface area contributed by atoms with Crippen LogP contribution in [0.15, 0.2) is 59.7 Å². The van der Waals surface area contributed by atoms with Gasteiger partial charge in [0.2, 0.25) is 12.7 Å². The fourth-order valence-electron chi connectivity index (χ4n) is 2.86. The van der Waals surface area contributed by atoms with Gasteiger partial charge in [-0.25, -0.2) is 4.68 Å². The lowest BCUT2D eigenvalue weighted by atomic mass is 10.1. The highest BCUT2D eigenvalue weighted by molar-refractivity contribution is 5.79. The Hall–Kier alpha value is -3.68. The van der Waals surface area contributed by atoms with Gasteiger partial charge in [0.25, 0.3) is 5.56 Å². The molecule has 3 heterocycles. The van der Waals surface area contributed by atoms with Crippen molar-refractivity contribution in [1.29, 1.82) is 0 Å². The Labute approximate surface area is 160 Å². The molecule has 28 heavy (non-hydrogen) atoms. The molecule has 8 heteroatoms. The van der Waals surface area contributed by atoms with Crippen LogP contribution in [-0.2, 0) is 11.3 Å². The van der Waals surface area contributed by atoms with E-state index in [4.69, 9.17) is 9.47 Å². The van der Waals surface area contributed by atoms with E-state index in [9.17, 15) is 9.59 Å². The second kappa shape index (κ2) is 7.51.